The lowest BCUT2D eigenvalue weighted by atomic mass is 10.1. The zero-order chi connectivity index (χ0) is 21.1. The number of carbonyl (C=O) groups is 1. The van der Waals surface area contributed by atoms with Crippen molar-refractivity contribution in [2.24, 2.45) is 4.99 Å². The van der Waals surface area contributed by atoms with Gasteiger partial charge in [-0.3, -0.25) is 10.1 Å². The lowest BCUT2D eigenvalue weighted by Crippen LogP contribution is -2.06. The number of rotatable bonds is 6. The first-order valence-electron chi connectivity index (χ1n) is 8.70. The Morgan fingerprint density at radius 1 is 1.24 bits per heavy atom. The average molecular weight is 618 g/mol. The van der Waals surface area contributed by atoms with E-state index in [1.165, 1.54) is 12.1 Å². The van der Waals surface area contributed by atoms with Crippen molar-refractivity contribution >= 4 is 68.8 Å². The van der Waals surface area contributed by atoms with Gasteiger partial charge in [-0.2, -0.15) is 0 Å². The maximum Gasteiger partial charge on any atom is 0.363 e. The number of hydrogen-bond acceptors (Lipinski definition) is 6. The maximum atomic E-state index is 12.3. The Hall–Kier alpha value is -2.02. The van der Waals surface area contributed by atoms with Gasteiger partial charge >= 0.3 is 5.97 Å². The number of benzene rings is 2. The molecule has 1 aliphatic rings. The van der Waals surface area contributed by atoms with Gasteiger partial charge in [-0.15, -0.1) is 0 Å². The van der Waals surface area contributed by atoms with Gasteiger partial charge in [-0.1, -0.05) is 6.92 Å². The third kappa shape index (κ3) is 4.94. The molecule has 0 bridgehead atoms. The Morgan fingerprint density at radius 3 is 2.52 bits per heavy atom. The Balaban J connectivity index is 1.91. The first-order valence-corrected chi connectivity index (χ1v) is 10.9. The van der Waals surface area contributed by atoms with Crippen molar-refractivity contribution in [2.75, 3.05) is 6.61 Å². The molecule has 150 valence electrons. The molecule has 0 saturated heterocycles. The molecule has 0 aliphatic carbocycles. The van der Waals surface area contributed by atoms with Gasteiger partial charge < -0.3 is 9.47 Å². The predicted octanol–water partition coefficient (Wildman–Crippen LogP) is 5.25. The molecule has 1 aliphatic heterocycles. The second kappa shape index (κ2) is 9.20. The predicted molar refractivity (Wildman–Crippen MR) is 126 cm³/mol. The first kappa shape index (κ1) is 21.7. The number of aryl methyl sites for hydroxylation is 1. The van der Waals surface area contributed by atoms with Gasteiger partial charge in [0.1, 0.15) is 5.75 Å². The first-order chi connectivity index (χ1) is 13.8. The molecular formula is C20H16I2N2O5. The van der Waals surface area contributed by atoms with Gasteiger partial charge in [0.25, 0.3) is 5.69 Å². The summed E-state index contributed by atoms with van der Waals surface area (Å²) in [6.45, 7) is 4.31. The standard InChI is InChI=1S/C20H16I2N2O5/c1-3-6-28-18-14(21)8-12(9-15(18)22)10-16-20(25)29-19(23-16)13-4-5-17(24(26)27)11(2)7-13/h4-5,7-10H,3,6H2,1-2H3/b16-10-. The van der Waals surface area contributed by atoms with Gasteiger partial charge in [-0.05, 0) is 94.4 Å². The number of nitrogens with zero attached hydrogens (tertiary/aromatic N) is 2. The molecule has 29 heavy (non-hydrogen) atoms. The fourth-order valence-electron chi connectivity index (χ4n) is 2.69. The van der Waals surface area contributed by atoms with Crippen LogP contribution in [0, 0.1) is 24.2 Å². The van der Waals surface area contributed by atoms with Crippen LogP contribution in [0.2, 0.25) is 0 Å². The maximum absolute atomic E-state index is 12.3. The van der Waals surface area contributed by atoms with Gasteiger partial charge in [0.2, 0.25) is 5.90 Å². The molecule has 3 rings (SSSR count). The zero-order valence-corrected chi connectivity index (χ0v) is 19.9. The lowest BCUT2D eigenvalue weighted by Gasteiger charge is -2.10. The van der Waals surface area contributed by atoms with Gasteiger partial charge in [0, 0.05) is 17.2 Å². The minimum atomic E-state index is -0.563. The van der Waals surface area contributed by atoms with Gasteiger partial charge in [-0.25, -0.2) is 9.79 Å². The van der Waals surface area contributed by atoms with Crippen molar-refractivity contribution in [3.63, 3.8) is 0 Å². The summed E-state index contributed by atoms with van der Waals surface area (Å²) in [5.74, 6) is 0.397. The van der Waals surface area contributed by atoms with Crippen LogP contribution >= 0.6 is 45.2 Å². The highest BCUT2D eigenvalue weighted by atomic mass is 127. The summed E-state index contributed by atoms with van der Waals surface area (Å²) in [6.07, 6.45) is 2.57. The number of nitro benzene ring substituents is 1. The summed E-state index contributed by atoms with van der Waals surface area (Å²) < 4.78 is 12.9. The van der Waals surface area contributed by atoms with E-state index < -0.39 is 10.9 Å². The van der Waals surface area contributed by atoms with E-state index in [0.29, 0.717) is 17.7 Å². The Labute approximate surface area is 194 Å². The summed E-state index contributed by atoms with van der Waals surface area (Å²) in [6, 6.07) is 8.31. The topological polar surface area (TPSA) is 91.0 Å². The van der Waals surface area contributed by atoms with E-state index in [-0.39, 0.29) is 17.3 Å². The highest BCUT2D eigenvalue weighted by Crippen LogP contribution is 2.31. The van der Waals surface area contributed by atoms with E-state index >= 15 is 0 Å². The number of carbonyl (C=O) groups excluding carboxylic acids is 1. The minimum Gasteiger partial charge on any atom is -0.491 e. The molecule has 0 unspecified atom stereocenters. The molecule has 2 aromatic rings. The van der Waals surface area contributed by atoms with Crippen molar-refractivity contribution in [3.8, 4) is 5.75 Å². The van der Waals surface area contributed by atoms with Crippen molar-refractivity contribution in [2.45, 2.75) is 20.3 Å². The van der Waals surface area contributed by atoms with Crippen LogP contribution in [0.15, 0.2) is 41.0 Å². The molecule has 1 heterocycles. The largest absolute Gasteiger partial charge is 0.491 e. The molecule has 0 fully saturated rings. The van der Waals surface area contributed by atoms with E-state index in [9.17, 15) is 14.9 Å². The van der Waals surface area contributed by atoms with Crippen molar-refractivity contribution in [1.29, 1.82) is 0 Å². The summed E-state index contributed by atoms with van der Waals surface area (Å²) in [7, 11) is 0. The molecule has 0 atom stereocenters. The van der Waals surface area contributed by atoms with Crippen LogP contribution < -0.4 is 4.74 Å². The van der Waals surface area contributed by atoms with Crippen LogP contribution in [0.5, 0.6) is 5.75 Å². The van der Waals surface area contributed by atoms with Crippen LogP contribution in [0.25, 0.3) is 6.08 Å². The highest BCUT2D eigenvalue weighted by molar-refractivity contribution is 14.1. The Bertz CT molecular complexity index is 1040. The normalized spacial score (nSPS) is 14.7. The summed E-state index contributed by atoms with van der Waals surface area (Å²) in [5, 5.41) is 11.0. The Morgan fingerprint density at radius 2 is 1.93 bits per heavy atom. The van der Waals surface area contributed by atoms with Crippen molar-refractivity contribution in [1.82, 2.24) is 0 Å². The lowest BCUT2D eigenvalue weighted by molar-refractivity contribution is -0.385. The van der Waals surface area contributed by atoms with E-state index in [2.05, 4.69) is 50.2 Å². The SMILES string of the molecule is CCCOc1c(I)cc(/C=C2\N=C(c3ccc([N+](=O)[O-])c(C)c3)OC2=O)cc1I. The van der Waals surface area contributed by atoms with E-state index in [4.69, 9.17) is 9.47 Å². The van der Waals surface area contributed by atoms with Crippen molar-refractivity contribution < 1.29 is 19.2 Å². The van der Waals surface area contributed by atoms with E-state index in [1.54, 1.807) is 19.1 Å². The number of ether oxygens (including phenoxy) is 2. The molecule has 7 nitrogen and oxygen atoms in total. The fourth-order valence-corrected chi connectivity index (χ4v) is 4.82. The third-order valence-electron chi connectivity index (χ3n) is 4.04. The van der Waals surface area contributed by atoms with Gasteiger partial charge in [0.05, 0.1) is 18.7 Å². The fraction of sp³-hybridized carbons (Fsp3) is 0.200. The molecular weight excluding hydrogens is 602 g/mol. The van der Waals surface area contributed by atoms with Crippen LogP contribution in [0.1, 0.15) is 30.0 Å². The molecule has 0 amide bonds. The number of hydrogen-bond donors (Lipinski definition) is 0. The molecule has 0 N–H and O–H groups in total. The second-order valence-electron chi connectivity index (χ2n) is 6.26. The number of cyclic esters (lactones) is 1. The third-order valence-corrected chi connectivity index (χ3v) is 5.64. The number of aliphatic imine (C=N–C) groups is 1. The molecule has 2 aromatic carbocycles. The van der Waals surface area contributed by atoms with Crippen molar-refractivity contribution in [3.05, 3.63) is 70.0 Å². The van der Waals surface area contributed by atoms with Crippen LogP contribution in [-0.2, 0) is 9.53 Å². The molecule has 9 heteroatoms. The van der Waals surface area contributed by atoms with Gasteiger partial charge in [0.15, 0.2) is 5.70 Å². The highest BCUT2D eigenvalue weighted by Gasteiger charge is 2.25. The average Bonchev–Trinajstić information content (AvgIpc) is 3.01. The molecule has 0 radical (unpaired) electrons. The smallest absolute Gasteiger partial charge is 0.363 e. The molecule has 0 spiro atoms. The second-order valence-corrected chi connectivity index (χ2v) is 8.58. The van der Waals surface area contributed by atoms with Crippen LogP contribution in [-0.4, -0.2) is 23.4 Å². The summed E-state index contributed by atoms with van der Waals surface area (Å²) in [5.41, 5.74) is 1.96. The van der Waals surface area contributed by atoms with Crippen LogP contribution in [0.4, 0.5) is 5.69 Å². The monoisotopic (exact) mass is 618 g/mol. The van der Waals surface area contributed by atoms with E-state index in [1.807, 2.05) is 19.1 Å². The molecule has 0 saturated carbocycles. The van der Waals surface area contributed by atoms with E-state index in [0.717, 1.165) is 24.9 Å². The minimum absolute atomic E-state index is 0.00368. The number of nitro groups is 1. The zero-order valence-electron chi connectivity index (χ0n) is 15.6. The number of halogens is 2. The summed E-state index contributed by atoms with van der Waals surface area (Å²) in [4.78, 5) is 27.1. The number of esters is 1. The quantitative estimate of drug-likeness (QED) is 0.145. The van der Waals surface area contributed by atoms with Crippen LogP contribution in [0.3, 0.4) is 0 Å². The summed E-state index contributed by atoms with van der Waals surface area (Å²) >= 11 is 4.40. The Kier molecular flexibility index (Phi) is 6.88. The molecule has 0 aromatic heterocycles.